The monoisotopic (exact) mass is 452 g/mol. The molecule has 0 aliphatic carbocycles. The normalized spacial score (nSPS) is 17.6. The standard InChI is InChI=1S/C26H29FN2O4/c1-4-17-33-19-13-11-18(12-14-19)24(30)22-23(20-9-7-8-10-21(20)27)29(26(32)25(22)31)16-15-28(5-2)6-3/h4,7-14,23,30H,1,5-6,15-17H2,2-3H3/t23-/m0/s1. The van der Waals surface area contributed by atoms with Gasteiger partial charge < -0.3 is 19.6 Å². The molecule has 1 amide bonds. The van der Waals surface area contributed by atoms with Crippen LogP contribution in [-0.4, -0.2) is 59.4 Å². The van der Waals surface area contributed by atoms with E-state index in [-0.39, 0.29) is 23.4 Å². The van der Waals surface area contributed by atoms with E-state index in [0.29, 0.717) is 24.5 Å². The number of rotatable bonds is 10. The Morgan fingerprint density at radius 2 is 1.82 bits per heavy atom. The van der Waals surface area contributed by atoms with E-state index in [1.807, 2.05) is 13.8 Å². The number of nitrogens with zero attached hydrogens (tertiary/aromatic N) is 2. The first-order chi connectivity index (χ1) is 15.9. The molecule has 1 saturated heterocycles. The van der Waals surface area contributed by atoms with Crippen LogP contribution in [0.5, 0.6) is 5.75 Å². The van der Waals surface area contributed by atoms with Gasteiger partial charge in [-0.05, 0) is 43.4 Å². The third-order valence-corrected chi connectivity index (χ3v) is 5.79. The van der Waals surface area contributed by atoms with Crippen LogP contribution in [-0.2, 0) is 9.59 Å². The Morgan fingerprint density at radius 3 is 2.42 bits per heavy atom. The fourth-order valence-electron chi connectivity index (χ4n) is 3.94. The molecule has 1 aliphatic heterocycles. The molecular formula is C26H29FN2O4. The molecule has 174 valence electrons. The third kappa shape index (κ3) is 5.14. The maximum Gasteiger partial charge on any atom is 0.295 e. The molecule has 2 aromatic rings. The van der Waals surface area contributed by atoms with Crippen LogP contribution in [0.3, 0.4) is 0 Å². The van der Waals surface area contributed by atoms with Gasteiger partial charge in [-0.1, -0.05) is 44.7 Å². The molecule has 3 rings (SSSR count). The Hall–Kier alpha value is -3.45. The molecule has 33 heavy (non-hydrogen) atoms. The number of carbonyl (C=O) groups excluding carboxylic acids is 2. The highest BCUT2D eigenvalue weighted by Gasteiger charge is 2.46. The van der Waals surface area contributed by atoms with Crippen molar-refractivity contribution in [2.24, 2.45) is 0 Å². The second-order valence-electron chi connectivity index (χ2n) is 7.66. The van der Waals surface area contributed by atoms with Crippen molar-refractivity contribution >= 4 is 17.4 Å². The lowest BCUT2D eigenvalue weighted by molar-refractivity contribution is -0.140. The second-order valence-corrected chi connectivity index (χ2v) is 7.66. The SMILES string of the molecule is C=CCOc1ccc(C(O)=C2C(=O)C(=O)N(CCN(CC)CC)[C@H]2c2ccccc2F)cc1. The summed E-state index contributed by atoms with van der Waals surface area (Å²) in [4.78, 5) is 29.5. The van der Waals surface area contributed by atoms with Crippen molar-refractivity contribution in [1.29, 1.82) is 0 Å². The minimum absolute atomic E-state index is 0.121. The van der Waals surface area contributed by atoms with Gasteiger partial charge in [-0.2, -0.15) is 0 Å². The molecule has 1 heterocycles. The van der Waals surface area contributed by atoms with E-state index in [9.17, 15) is 19.1 Å². The Bertz CT molecular complexity index is 1040. The first kappa shape index (κ1) is 24.2. The molecule has 6 nitrogen and oxygen atoms in total. The number of likely N-dealkylation sites (tertiary alicyclic amines) is 1. The van der Waals surface area contributed by atoms with E-state index in [0.717, 1.165) is 13.1 Å². The summed E-state index contributed by atoms with van der Waals surface area (Å²) in [5, 5.41) is 11.1. The zero-order valence-corrected chi connectivity index (χ0v) is 19.0. The number of halogens is 1. The largest absolute Gasteiger partial charge is 0.507 e. The topological polar surface area (TPSA) is 70.1 Å². The second kappa shape index (κ2) is 10.9. The summed E-state index contributed by atoms with van der Waals surface area (Å²) < 4.78 is 20.3. The highest BCUT2D eigenvalue weighted by Crippen LogP contribution is 2.40. The average molecular weight is 453 g/mol. The summed E-state index contributed by atoms with van der Waals surface area (Å²) >= 11 is 0. The van der Waals surface area contributed by atoms with Crippen LogP contribution >= 0.6 is 0 Å². The molecule has 1 atom stereocenters. The number of aliphatic hydroxyl groups is 1. The van der Waals surface area contributed by atoms with Gasteiger partial charge in [0.25, 0.3) is 11.7 Å². The summed E-state index contributed by atoms with van der Waals surface area (Å²) in [5.41, 5.74) is 0.386. The molecule has 0 spiro atoms. The Labute approximate surface area is 193 Å². The summed E-state index contributed by atoms with van der Waals surface area (Å²) in [6.45, 7) is 10.3. The van der Waals surface area contributed by atoms with E-state index in [1.165, 1.54) is 17.0 Å². The number of benzene rings is 2. The fourth-order valence-corrected chi connectivity index (χ4v) is 3.94. The molecular weight excluding hydrogens is 423 g/mol. The molecule has 1 N–H and O–H groups in total. The first-order valence-electron chi connectivity index (χ1n) is 11.0. The predicted molar refractivity (Wildman–Crippen MR) is 125 cm³/mol. The molecule has 2 aromatic carbocycles. The minimum atomic E-state index is -1.02. The quantitative estimate of drug-likeness (QED) is 0.254. The third-order valence-electron chi connectivity index (χ3n) is 5.79. The molecule has 0 bridgehead atoms. The van der Waals surface area contributed by atoms with Crippen molar-refractivity contribution in [3.63, 3.8) is 0 Å². The number of ether oxygens (including phenoxy) is 1. The van der Waals surface area contributed by atoms with E-state index in [1.54, 1.807) is 42.5 Å². The molecule has 1 aliphatic rings. The number of ketones is 1. The van der Waals surface area contributed by atoms with Gasteiger partial charge in [0.15, 0.2) is 0 Å². The summed E-state index contributed by atoms with van der Waals surface area (Å²) in [6.07, 6.45) is 1.61. The lowest BCUT2D eigenvalue weighted by Gasteiger charge is -2.28. The summed E-state index contributed by atoms with van der Waals surface area (Å²) in [5.74, 6) is -1.90. The zero-order valence-electron chi connectivity index (χ0n) is 19.0. The van der Waals surface area contributed by atoms with Crippen molar-refractivity contribution < 1.29 is 23.8 Å². The molecule has 0 radical (unpaired) electrons. The maximum absolute atomic E-state index is 14.8. The fraction of sp³-hybridized carbons (Fsp3) is 0.308. The summed E-state index contributed by atoms with van der Waals surface area (Å²) in [7, 11) is 0. The van der Waals surface area contributed by atoms with Gasteiger partial charge in [-0.15, -0.1) is 0 Å². The number of Topliss-reactive ketones (excluding diaryl/α,β-unsaturated/α-hetero) is 1. The van der Waals surface area contributed by atoms with Gasteiger partial charge >= 0.3 is 0 Å². The lowest BCUT2D eigenvalue weighted by Crippen LogP contribution is -2.38. The lowest BCUT2D eigenvalue weighted by atomic mass is 9.95. The van der Waals surface area contributed by atoms with Crippen molar-refractivity contribution in [3.8, 4) is 5.75 Å². The van der Waals surface area contributed by atoms with Crippen LogP contribution in [0.1, 0.15) is 31.0 Å². The number of likely N-dealkylation sites (N-methyl/N-ethyl adjacent to an activating group) is 1. The van der Waals surface area contributed by atoms with Crippen molar-refractivity contribution in [2.75, 3.05) is 32.8 Å². The van der Waals surface area contributed by atoms with Crippen molar-refractivity contribution in [3.05, 3.63) is 83.7 Å². The van der Waals surface area contributed by atoms with Crippen molar-refractivity contribution in [1.82, 2.24) is 9.80 Å². The highest BCUT2D eigenvalue weighted by atomic mass is 19.1. The molecule has 1 fully saturated rings. The molecule has 7 heteroatoms. The van der Waals surface area contributed by atoms with Gasteiger partial charge in [0, 0.05) is 24.2 Å². The van der Waals surface area contributed by atoms with Gasteiger partial charge in [0.1, 0.15) is 23.9 Å². The number of hydrogen-bond donors (Lipinski definition) is 1. The number of amides is 1. The maximum atomic E-state index is 14.8. The highest BCUT2D eigenvalue weighted by molar-refractivity contribution is 6.46. The van der Waals surface area contributed by atoms with E-state index in [4.69, 9.17) is 4.74 Å². The van der Waals surface area contributed by atoms with Gasteiger partial charge in [0.05, 0.1) is 11.6 Å². The van der Waals surface area contributed by atoms with Crippen LogP contribution < -0.4 is 4.74 Å². The zero-order chi connectivity index (χ0) is 24.0. The molecule has 0 aromatic heterocycles. The molecule has 0 saturated carbocycles. The Morgan fingerprint density at radius 1 is 1.15 bits per heavy atom. The van der Waals surface area contributed by atoms with Crippen LogP contribution in [0.4, 0.5) is 4.39 Å². The van der Waals surface area contributed by atoms with Crippen molar-refractivity contribution in [2.45, 2.75) is 19.9 Å². The van der Waals surface area contributed by atoms with Gasteiger partial charge in [-0.3, -0.25) is 9.59 Å². The van der Waals surface area contributed by atoms with Crippen LogP contribution in [0.25, 0.3) is 5.76 Å². The van der Waals surface area contributed by atoms with Gasteiger partial charge in [0.2, 0.25) is 0 Å². The summed E-state index contributed by atoms with van der Waals surface area (Å²) in [6, 6.07) is 11.5. The predicted octanol–water partition coefficient (Wildman–Crippen LogP) is 4.15. The van der Waals surface area contributed by atoms with Crippen LogP contribution in [0.2, 0.25) is 0 Å². The van der Waals surface area contributed by atoms with Crippen LogP contribution in [0, 0.1) is 5.82 Å². The smallest absolute Gasteiger partial charge is 0.295 e. The number of hydrogen-bond acceptors (Lipinski definition) is 5. The van der Waals surface area contributed by atoms with Gasteiger partial charge in [-0.25, -0.2) is 4.39 Å². The first-order valence-corrected chi connectivity index (χ1v) is 11.0. The Kier molecular flexibility index (Phi) is 8.01. The van der Waals surface area contributed by atoms with E-state index < -0.39 is 23.5 Å². The minimum Gasteiger partial charge on any atom is -0.507 e. The van der Waals surface area contributed by atoms with Crippen LogP contribution in [0.15, 0.2) is 66.8 Å². The van der Waals surface area contributed by atoms with E-state index in [2.05, 4.69) is 11.5 Å². The average Bonchev–Trinajstić information content (AvgIpc) is 3.08. The number of aliphatic hydroxyl groups excluding tert-OH is 1. The Balaban J connectivity index is 2.05. The van der Waals surface area contributed by atoms with E-state index >= 15 is 0 Å². The molecule has 0 unspecified atom stereocenters. The number of carbonyl (C=O) groups is 2.